The molecule has 0 aliphatic carbocycles. The van der Waals surface area contributed by atoms with Crippen molar-refractivity contribution >= 4 is 29.4 Å². The third-order valence-electron chi connectivity index (χ3n) is 5.27. The number of hydrogen-bond donors (Lipinski definition) is 1. The second kappa shape index (κ2) is 9.67. The fourth-order valence-corrected chi connectivity index (χ4v) is 5.62. The van der Waals surface area contributed by atoms with E-state index in [0.717, 1.165) is 17.7 Å². The fraction of sp³-hybridized carbons (Fsp3) is 0.208. The summed E-state index contributed by atoms with van der Waals surface area (Å²) in [4.78, 5) is 14.0. The summed E-state index contributed by atoms with van der Waals surface area (Å²) in [6.45, 7) is 0.598. The molecule has 2 aromatic carbocycles. The highest BCUT2D eigenvalue weighted by Gasteiger charge is 2.23. The number of aromatic nitrogens is 3. The number of nitrogens with zero attached hydrogens (tertiary/aromatic N) is 3. The van der Waals surface area contributed by atoms with Gasteiger partial charge in [0.2, 0.25) is 11.7 Å². The van der Waals surface area contributed by atoms with E-state index in [9.17, 15) is 4.79 Å². The van der Waals surface area contributed by atoms with Gasteiger partial charge in [-0.2, -0.15) is 0 Å². The normalized spacial score (nSPS) is 15.3. The molecule has 0 radical (unpaired) electrons. The van der Waals surface area contributed by atoms with Gasteiger partial charge in [0.1, 0.15) is 0 Å². The molecule has 32 heavy (non-hydrogen) atoms. The molecule has 162 valence electrons. The lowest BCUT2D eigenvalue weighted by atomic mass is 10.0. The van der Waals surface area contributed by atoms with Crippen LogP contribution < -0.4 is 5.32 Å². The molecule has 1 atom stereocenters. The highest BCUT2D eigenvalue weighted by Crippen LogP contribution is 2.36. The van der Waals surface area contributed by atoms with Crippen LogP contribution in [0.15, 0.2) is 87.5 Å². The molecule has 1 N–H and O–H groups in total. The minimum Gasteiger partial charge on any atom is -0.461 e. The number of amides is 1. The molecule has 0 fully saturated rings. The number of carbonyl (C=O) groups is 1. The number of hydrogen-bond acceptors (Lipinski definition) is 6. The number of carbonyl (C=O) groups excluding carboxylic acids is 1. The second-order valence-corrected chi connectivity index (χ2v) is 9.52. The summed E-state index contributed by atoms with van der Waals surface area (Å²) in [5, 5.41) is 12.6. The van der Waals surface area contributed by atoms with Crippen LogP contribution in [0.1, 0.15) is 23.6 Å². The summed E-state index contributed by atoms with van der Waals surface area (Å²) in [5.41, 5.74) is 2.33. The maximum atomic E-state index is 12.8. The molecule has 1 aliphatic rings. The molecular formula is C24H22N4O2S2. The lowest BCUT2D eigenvalue weighted by Gasteiger charge is -2.25. The Hall–Kier alpha value is -2.97. The number of nitrogens with one attached hydrogen (secondary N) is 1. The summed E-state index contributed by atoms with van der Waals surface area (Å²) in [7, 11) is 0. The first-order valence-corrected chi connectivity index (χ1v) is 12.4. The van der Waals surface area contributed by atoms with Crippen LogP contribution in [0, 0.1) is 0 Å². The van der Waals surface area contributed by atoms with Crippen LogP contribution in [0.5, 0.6) is 0 Å². The van der Waals surface area contributed by atoms with Crippen molar-refractivity contribution in [1.82, 2.24) is 20.1 Å². The van der Waals surface area contributed by atoms with E-state index in [0.29, 0.717) is 23.3 Å². The molecule has 0 saturated carbocycles. The zero-order valence-electron chi connectivity index (χ0n) is 17.3. The summed E-state index contributed by atoms with van der Waals surface area (Å²) in [5.74, 6) is 2.58. The zero-order chi connectivity index (χ0) is 21.8. The lowest BCUT2D eigenvalue weighted by Crippen LogP contribution is -2.32. The number of rotatable bonds is 7. The highest BCUT2D eigenvalue weighted by atomic mass is 32.2. The molecule has 1 amide bonds. The molecule has 4 aromatic rings. The maximum absolute atomic E-state index is 12.8. The molecule has 6 nitrogen and oxygen atoms in total. The quantitative estimate of drug-likeness (QED) is 0.388. The van der Waals surface area contributed by atoms with Gasteiger partial charge in [-0.15, -0.1) is 22.0 Å². The summed E-state index contributed by atoms with van der Waals surface area (Å²) >= 11 is 3.24. The Balaban J connectivity index is 1.31. The van der Waals surface area contributed by atoms with Crippen LogP contribution in [0.2, 0.25) is 0 Å². The zero-order valence-corrected chi connectivity index (χ0v) is 18.9. The van der Waals surface area contributed by atoms with E-state index < -0.39 is 0 Å². The Morgan fingerprint density at radius 1 is 1.09 bits per heavy atom. The Bertz CT molecular complexity index is 1190. The third-order valence-corrected chi connectivity index (χ3v) is 7.36. The largest absolute Gasteiger partial charge is 0.461 e. The van der Waals surface area contributed by atoms with E-state index in [4.69, 9.17) is 4.42 Å². The lowest BCUT2D eigenvalue weighted by molar-refractivity contribution is -0.119. The Labute approximate surface area is 194 Å². The molecule has 0 bridgehead atoms. The number of furan rings is 1. The molecule has 0 saturated heterocycles. The Morgan fingerprint density at radius 2 is 1.94 bits per heavy atom. The van der Waals surface area contributed by atoms with E-state index in [-0.39, 0.29) is 17.7 Å². The van der Waals surface area contributed by atoms with Gasteiger partial charge in [0.05, 0.1) is 24.6 Å². The van der Waals surface area contributed by atoms with Gasteiger partial charge in [-0.25, -0.2) is 0 Å². The maximum Gasteiger partial charge on any atom is 0.230 e. The van der Waals surface area contributed by atoms with E-state index in [1.54, 1.807) is 6.26 Å². The summed E-state index contributed by atoms with van der Waals surface area (Å²) in [6, 6.07) is 22.2. The predicted molar refractivity (Wildman–Crippen MR) is 127 cm³/mol. The van der Waals surface area contributed by atoms with Crippen LogP contribution in [-0.2, 0) is 11.3 Å². The molecular weight excluding hydrogens is 440 g/mol. The van der Waals surface area contributed by atoms with Crippen LogP contribution >= 0.6 is 23.5 Å². The van der Waals surface area contributed by atoms with Crippen molar-refractivity contribution in [2.45, 2.75) is 29.1 Å². The average Bonchev–Trinajstić information content (AvgIpc) is 3.49. The number of benzene rings is 2. The summed E-state index contributed by atoms with van der Waals surface area (Å²) < 4.78 is 7.56. The molecule has 3 heterocycles. The molecule has 2 aromatic heterocycles. The SMILES string of the molecule is O=C(CSc1nnc(-c2ccco2)n1Cc1ccccc1)N[C@@H]1CCSc2ccccc21. The smallest absolute Gasteiger partial charge is 0.230 e. The fourth-order valence-electron chi connectivity index (χ4n) is 3.75. The van der Waals surface area contributed by atoms with E-state index in [1.807, 2.05) is 58.8 Å². The molecule has 0 spiro atoms. The third kappa shape index (κ3) is 4.61. The van der Waals surface area contributed by atoms with Crippen molar-refractivity contribution in [1.29, 1.82) is 0 Å². The second-order valence-electron chi connectivity index (χ2n) is 7.44. The van der Waals surface area contributed by atoms with Gasteiger partial charge in [0.25, 0.3) is 0 Å². The van der Waals surface area contributed by atoms with Crippen LogP contribution in [0.3, 0.4) is 0 Å². The number of fused-ring (bicyclic) bond motifs is 1. The van der Waals surface area contributed by atoms with Crippen LogP contribution in [-0.4, -0.2) is 32.2 Å². The minimum absolute atomic E-state index is 0.00415. The van der Waals surface area contributed by atoms with E-state index >= 15 is 0 Å². The first-order valence-electron chi connectivity index (χ1n) is 10.4. The summed E-state index contributed by atoms with van der Waals surface area (Å²) in [6.07, 6.45) is 2.56. The van der Waals surface area contributed by atoms with Gasteiger partial charge in [0, 0.05) is 10.6 Å². The van der Waals surface area contributed by atoms with Crippen molar-refractivity contribution in [2.75, 3.05) is 11.5 Å². The van der Waals surface area contributed by atoms with Crippen LogP contribution in [0.4, 0.5) is 0 Å². The van der Waals surface area contributed by atoms with Gasteiger partial charge >= 0.3 is 0 Å². The first-order chi connectivity index (χ1) is 15.8. The van der Waals surface area contributed by atoms with Gasteiger partial charge in [0.15, 0.2) is 10.9 Å². The van der Waals surface area contributed by atoms with Crippen molar-refractivity contribution in [2.24, 2.45) is 0 Å². The minimum atomic E-state index is -0.00415. The first kappa shape index (κ1) is 20.9. The Morgan fingerprint density at radius 3 is 2.78 bits per heavy atom. The van der Waals surface area contributed by atoms with Gasteiger partial charge in [-0.3, -0.25) is 9.36 Å². The van der Waals surface area contributed by atoms with E-state index in [2.05, 4.69) is 39.8 Å². The van der Waals surface area contributed by atoms with E-state index in [1.165, 1.54) is 22.2 Å². The molecule has 5 rings (SSSR count). The molecule has 0 unspecified atom stereocenters. The Kier molecular flexibility index (Phi) is 6.31. The molecule has 8 heteroatoms. The van der Waals surface area contributed by atoms with Gasteiger partial charge in [-0.05, 0) is 35.7 Å². The predicted octanol–water partition coefficient (Wildman–Crippen LogP) is 5.03. The monoisotopic (exact) mass is 462 g/mol. The number of thioether (sulfide) groups is 2. The molecule has 1 aliphatic heterocycles. The van der Waals surface area contributed by atoms with Crippen molar-refractivity contribution in [3.8, 4) is 11.6 Å². The van der Waals surface area contributed by atoms with Gasteiger partial charge in [-0.1, -0.05) is 60.3 Å². The van der Waals surface area contributed by atoms with Crippen molar-refractivity contribution < 1.29 is 9.21 Å². The van der Waals surface area contributed by atoms with Crippen molar-refractivity contribution in [3.63, 3.8) is 0 Å². The van der Waals surface area contributed by atoms with Crippen LogP contribution in [0.25, 0.3) is 11.6 Å². The topological polar surface area (TPSA) is 73.0 Å². The standard InChI is InChI=1S/C24H22N4O2S2/c29-22(25-19-12-14-31-21-11-5-4-9-18(19)21)16-32-24-27-26-23(20-10-6-13-30-20)28(24)15-17-7-2-1-3-8-17/h1-11,13,19H,12,14-16H2,(H,25,29)/t19-/m1/s1. The average molecular weight is 463 g/mol. The highest BCUT2D eigenvalue weighted by molar-refractivity contribution is 7.99. The van der Waals surface area contributed by atoms with Gasteiger partial charge < -0.3 is 9.73 Å². The van der Waals surface area contributed by atoms with Crippen molar-refractivity contribution in [3.05, 3.63) is 84.1 Å².